The standard InChI is InChI=1S/C29H25N3O5S/c1-18(2)19-10-12-20(13-11-19)30-25-26(29(35)32(28(25)34)17-22-7-4-14-36-22)38-23-8-3-6-21(16-23)31-27(33)24-9-5-15-37-24/h3-16,18,30H,17H2,1-2H3,(H,31,33). The van der Waals surface area contributed by atoms with Crippen LogP contribution in [0.25, 0.3) is 0 Å². The first-order valence-corrected chi connectivity index (χ1v) is 12.8. The Kier molecular flexibility index (Phi) is 7.19. The van der Waals surface area contributed by atoms with Crippen LogP contribution in [0.3, 0.4) is 0 Å². The number of furan rings is 2. The predicted octanol–water partition coefficient (Wildman–Crippen LogP) is 6.23. The second kappa shape index (κ2) is 10.9. The summed E-state index contributed by atoms with van der Waals surface area (Å²) in [6, 6.07) is 21.4. The van der Waals surface area contributed by atoms with Gasteiger partial charge in [0, 0.05) is 16.3 Å². The Balaban J connectivity index is 1.42. The zero-order valence-corrected chi connectivity index (χ0v) is 21.6. The van der Waals surface area contributed by atoms with E-state index in [-0.39, 0.29) is 28.8 Å². The van der Waals surface area contributed by atoms with Gasteiger partial charge in [-0.3, -0.25) is 19.3 Å². The summed E-state index contributed by atoms with van der Waals surface area (Å²) in [6.07, 6.45) is 2.93. The SMILES string of the molecule is CC(C)c1ccc(NC2=C(Sc3cccc(NC(=O)c4ccco4)c3)C(=O)N(Cc3ccco3)C2=O)cc1. The fraction of sp³-hybridized carbons (Fsp3) is 0.138. The van der Waals surface area contributed by atoms with Crippen molar-refractivity contribution in [2.75, 3.05) is 10.6 Å². The molecule has 3 amide bonds. The summed E-state index contributed by atoms with van der Waals surface area (Å²) in [6.45, 7) is 4.23. The molecule has 0 atom stereocenters. The molecule has 8 nitrogen and oxygen atoms in total. The van der Waals surface area contributed by atoms with E-state index in [4.69, 9.17) is 8.83 Å². The average Bonchev–Trinajstić information content (AvgIpc) is 3.67. The Bertz CT molecular complexity index is 1490. The third kappa shape index (κ3) is 5.42. The lowest BCUT2D eigenvalue weighted by Gasteiger charge is -2.14. The fourth-order valence-electron chi connectivity index (χ4n) is 3.91. The van der Waals surface area contributed by atoms with Crippen LogP contribution in [0.2, 0.25) is 0 Å². The average molecular weight is 528 g/mol. The van der Waals surface area contributed by atoms with Gasteiger partial charge in [-0.2, -0.15) is 0 Å². The number of nitrogens with zero attached hydrogens (tertiary/aromatic N) is 1. The molecule has 2 aromatic heterocycles. The maximum absolute atomic E-state index is 13.5. The maximum Gasteiger partial charge on any atom is 0.291 e. The van der Waals surface area contributed by atoms with Crippen LogP contribution in [-0.2, 0) is 16.1 Å². The van der Waals surface area contributed by atoms with Crippen molar-refractivity contribution in [3.05, 3.63) is 113 Å². The smallest absolute Gasteiger partial charge is 0.291 e. The van der Waals surface area contributed by atoms with Crippen molar-refractivity contribution < 1.29 is 23.2 Å². The Labute approximate surface area is 223 Å². The quantitative estimate of drug-likeness (QED) is 0.249. The van der Waals surface area contributed by atoms with E-state index in [1.165, 1.54) is 18.1 Å². The first-order valence-electron chi connectivity index (χ1n) is 12.0. The summed E-state index contributed by atoms with van der Waals surface area (Å²) in [5, 5.41) is 5.95. The highest BCUT2D eigenvalue weighted by Crippen LogP contribution is 2.37. The van der Waals surface area contributed by atoms with Crippen LogP contribution in [0.4, 0.5) is 11.4 Å². The van der Waals surface area contributed by atoms with Gasteiger partial charge in [0.2, 0.25) is 0 Å². The Hall–Kier alpha value is -4.50. The number of imide groups is 1. The van der Waals surface area contributed by atoms with Crippen molar-refractivity contribution in [2.24, 2.45) is 0 Å². The van der Waals surface area contributed by atoms with Crippen molar-refractivity contribution in [3.63, 3.8) is 0 Å². The summed E-state index contributed by atoms with van der Waals surface area (Å²) in [5.74, 6) is -0.201. The lowest BCUT2D eigenvalue weighted by molar-refractivity contribution is -0.138. The number of amides is 3. The van der Waals surface area contributed by atoms with Gasteiger partial charge >= 0.3 is 0 Å². The van der Waals surface area contributed by atoms with Gasteiger partial charge < -0.3 is 19.5 Å². The lowest BCUT2D eigenvalue weighted by Crippen LogP contribution is -2.31. The number of carbonyl (C=O) groups is 3. The van der Waals surface area contributed by atoms with Crippen LogP contribution in [0, 0.1) is 0 Å². The molecule has 0 radical (unpaired) electrons. The minimum absolute atomic E-state index is 0.0193. The number of carbonyl (C=O) groups excluding carboxylic acids is 3. The number of thioether (sulfide) groups is 1. The highest BCUT2D eigenvalue weighted by Gasteiger charge is 2.39. The highest BCUT2D eigenvalue weighted by atomic mass is 32.2. The molecule has 0 bridgehead atoms. The van der Waals surface area contributed by atoms with Gasteiger partial charge in [0.15, 0.2) is 5.76 Å². The summed E-state index contributed by atoms with van der Waals surface area (Å²) < 4.78 is 10.5. The Morgan fingerprint density at radius 3 is 2.34 bits per heavy atom. The number of nitrogens with one attached hydrogen (secondary N) is 2. The summed E-state index contributed by atoms with van der Waals surface area (Å²) >= 11 is 1.15. The van der Waals surface area contributed by atoms with Gasteiger partial charge in [-0.1, -0.05) is 43.8 Å². The monoisotopic (exact) mass is 527 g/mol. The molecule has 2 N–H and O–H groups in total. The lowest BCUT2D eigenvalue weighted by atomic mass is 10.0. The van der Waals surface area contributed by atoms with Crippen LogP contribution in [-0.4, -0.2) is 22.6 Å². The summed E-state index contributed by atoms with van der Waals surface area (Å²) in [7, 11) is 0. The number of anilines is 2. The normalized spacial score (nSPS) is 13.5. The molecule has 0 saturated heterocycles. The number of rotatable bonds is 9. The van der Waals surface area contributed by atoms with Crippen molar-refractivity contribution in [1.82, 2.24) is 4.90 Å². The van der Waals surface area contributed by atoms with E-state index in [1.54, 1.807) is 42.5 Å². The minimum atomic E-state index is -0.441. The van der Waals surface area contributed by atoms with Gasteiger partial charge in [-0.05, 0) is 66.1 Å². The molecule has 1 aliphatic heterocycles. The first-order chi connectivity index (χ1) is 18.4. The van der Waals surface area contributed by atoms with E-state index in [2.05, 4.69) is 24.5 Å². The first kappa shape index (κ1) is 25.2. The highest BCUT2D eigenvalue weighted by molar-refractivity contribution is 8.04. The third-order valence-corrected chi connectivity index (χ3v) is 7.00. The minimum Gasteiger partial charge on any atom is -0.467 e. The third-order valence-electron chi connectivity index (χ3n) is 5.92. The maximum atomic E-state index is 13.5. The molecule has 1 aliphatic rings. The molecular formula is C29H25N3O5S. The largest absolute Gasteiger partial charge is 0.467 e. The molecule has 0 aliphatic carbocycles. The molecule has 38 heavy (non-hydrogen) atoms. The molecule has 0 fully saturated rings. The van der Waals surface area contributed by atoms with Crippen LogP contribution < -0.4 is 10.6 Å². The predicted molar refractivity (Wildman–Crippen MR) is 144 cm³/mol. The zero-order chi connectivity index (χ0) is 26.6. The fourth-order valence-corrected chi connectivity index (χ4v) is 4.92. The number of hydrogen-bond donors (Lipinski definition) is 2. The zero-order valence-electron chi connectivity index (χ0n) is 20.8. The number of hydrogen-bond acceptors (Lipinski definition) is 7. The van der Waals surface area contributed by atoms with Gasteiger partial charge in [-0.25, -0.2) is 0 Å². The molecule has 5 rings (SSSR count). The van der Waals surface area contributed by atoms with Crippen LogP contribution >= 0.6 is 11.8 Å². The van der Waals surface area contributed by atoms with E-state index in [9.17, 15) is 14.4 Å². The van der Waals surface area contributed by atoms with Gasteiger partial charge in [-0.15, -0.1) is 0 Å². The van der Waals surface area contributed by atoms with Gasteiger partial charge in [0.05, 0.1) is 19.1 Å². The van der Waals surface area contributed by atoms with Crippen LogP contribution in [0.15, 0.2) is 110 Å². The molecule has 0 unspecified atom stereocenters. The molecule has 9 heteroatoms. The Morgan fingerprint density at radius 1 is 0.895 bits per heavy atom. The molecule has 3 heterocycles. The Morgan fingerprint density at radius 2 is 1.66 bits per heavy atom. The van der Waals surface area contributed by atoms with E-state index < -0.39 is 11.8 Å². The van der Waals surface area contributed by atoms with E-state index in [0.29, 0.717) is 27.9 Å². The van der Waals surface area contributed by atoms with Crippen molar-refractivity contribution in [2.45, 2.75) is 31.2 Å². The van der Waals surface area contributed by atoms with E-state index in [0.717, 1.165) is 16.7 Å². The molecular weight excluding hydrogens is 502 g/mol. The van der Waals surface area contributed by atoms with Gasteiger partial charge in [0.25, 0.3) is 17.7 Å². The van der Waals surface area contributed by atoms with Gasteiger partial charge in [0.1, 0.15) is 16.4 Å². The van der Waals surface area contributed by atoms with Crippen LogP contribution in [0.5, 0.6) is 0 Å². The molecule has 4 aromatic rings. The molecule has 2 aromatic carbocycles. The second-order valence-electron chi connectivity index (χ2n) is 8.94. The van der Waals surface area contributed by atoms with E-state index >= 15 is 0 Å². The molecule has 0 spiro atoms. The van der Waals surface area contributed by atoms with Crippen molar-refractivity contribution in [1.29, 1.82) is 0 Å². The molecule has 192 valence electrons. The van der Waals surface area contributed by atoms with Crippen LogP contribution in [0.1, 0.15) is 41.6 Å². The van der Waals surface area contributed by atoms with Crippen molar-refractivity contribution in [3.8, 4) is 0 Å². The van der Waals surface area contributed by atoms with Crippen molar-refractivity contribution >= 4 is 40.9 Å². The summed E-state index contributed by atoms with van der Waals surface area (Å²) in [4.78, 5) is 41.4. The summed E-state index contributed by atoms with van der Waals surface area (Å²) in [5.41, 5.74) is 2.58. The molecule has 0 saturated carbocycles. The van der Waals surface area contributed by atoms with E-state index in [1.807, 2.05) is 30.3 Å². The number of benzene rings is 2. The topological polar surface area (TPSA) is 105 Å². The second-order valence-corrected chi connectivity index (χ2v) is 10.0.